The van der Waals surface area contributed by atoms with Crippen LogP contribution in [0.3, 0.4) is 0 Å². The van der Waals surface area contributed by atoms with Crippen LogP contribution in [0.1, 0.15) is 12.8 Å². The molecule has 2 aromatic rings. The summed E-state index contributed by atoms with van der Waals surface area (Å²) in [5.74, 6) is 1.20. The third-order valence-electron chi connectivity index (χ3n) is 3.15. The number of para-hydroxylation sites is 1. The SMILES string of the molecule is O=c1[nH]c2cccc(Cl)c2n1CC1CCCS1. The van der Waals surface area contributed by atoms with Crippen molar-refractivity contribution in [1.82, 2.24) is 9.55 Å². The number of hydrogen-bond donors (Lipinski definition) is 1. The number of fused-ring (bicyclic) bond motifs is 1. The molecule has 1 aliphatic rings. The highest BCUT2D eigenvalue weighted by Gasteiger charge is 2.19. The Morgan fingerprint density at radius 1 is 1.53 bits per heavy atom. The van der Waals surface area contributed by atoms with Gasteiger partial charge in [-0.3, -0.25) is 4.57 Å². The average molecular weight is 269 g/mol. The summed E-state index contributed by atoms with van der Waals surface area (Å²) in [4.78, 5) is 14.8. The van der Waals surface area contributed by atoms with E-state index in [4.69, 9.17) is 11.6 Å². The number of benzene rings is 1. The van der Waals surface area contributed by atoms with Gasteiger partial charge in [0.05, 0.1) is 16.1 Å². The Bertz CT molecular complexity index is 598. The van der Waals surface area contributed by atoms with Crippen LogP contribution in [0.5, 0.6) is 0 Å². The number of halogens is 1. The number of rotatable bonds is 2. The van der Waals surface area contributed by atoms with Gasteiger partial charge in [0, 0.05) is 11.8 Å². The highest BCUT2D eigenvalue weighted by molar-refractivity contribution is 8.00. The van der Waals surface area contributed by atoms with Crippen LogP contribution in [0, 0.1) is 0 Å². The Kier molecular flexibility index (Phi) is 2.92. The third kappa shape index (κ3) is 2.00. The number of aromatic nitrogens is 2. The van der Waals surface area contributed by atoms with Gasteiger partial charge < -0.3 is 4.98 Å². The van der Waals surface area contributed by atoms with Crippen molar-refractivity contribution in [1.29, 1.82) is 0 Å². The largest absolute Gasteiger partial charge is 0.326 e. The number of nitrogens with zero attached hydrogens (tertiary/aromatic N) is 1. The zero-order valence-corrected chi connectivity index (χ0v) is 10.9. The van der Waals surface area contributed by atoms with Gasteiger partial charge in [-0.1, -0.05) is 17.7 Å². The van der Waals surface area contributed by atoms with E-state index < -0.39 is 0 Å². The molecule has 0 spiro atoms. The van der Waals surface area contributed by atoms with Crippen molar-refractivity contribution >= 4 is 34.4 Å². The molecule has 0 aliphatic carbocycles. The Morgan fingerprint density at radius 3 is 3.18 bits per heavy atom. The van der Waals surface area contributed by atoms with Gasteiger partial charge in [-0.05, 0) is 30.7 Å². The summed E-state index contributed by atoms with van der Waals surface area (Å²) in [6.07, 6.45) is 2.44. The first kappa shape index (κ1) is 11.2. The van der Waals surface area contributed by atoms with E-state index in [0.29, 0.717) is 10.3 Å². The molecule has 0 bridgehead atoms. The van der Waals surface area contributed by atoms with Crippen LogP contribution in [-0.4, -0.2) is 20.6 Å². The van der Waals surface area contributed by atoms with Crippen LogP contribution < -0.4 is 5.69 Å². The van der Waals surface area contributed by atoms with Crippen LogP contribution in [-0.2, 0) is 6.54 Å². The fraction of sp³-hybridized carbons (Fsp3) is 0.417. The number of imidazole rings is 1. The predicted octanol–water partition coefficient (Wildman–Crippen LogP) is 2.88. The smallest absolute Gasteiger partial charge is 0.305 e. The van der Waals surface area contributed by atoms with E-state index in [1.807, 2.05) is 30.0 Å². The first-order chi connectivity index (χ1) is 8.25. The zero-order chi connectivity index (χ0) is 11.8. The first-order valence-electron chi connectivity index (χ1n) is 5.74. The summed E-state index contributed by atoms with van der Waals surface area (Å²) < 4.78 is 1.78. The molecule has 1 atom stereocenters. The summed E-state index contributed by atoms with van der Waals surface area (Å²) in [6.45, 7) is 0.757. The Labute approximate surface area is 108 Å². The van der Waals surface area contributed by atoms with Gasteiger partial charge in [-0.25, -0.2) is 4.79 Å². The summed E-state index contributed by atoms with van der Waals surface area (Å²) in [5, 5.41) is 1.19. The quantitative estimate of drug-likeness (QED) is 0.909. The van der Waals surface area contributed by atoms with E-state index >= 15 is 0 Å². The molecule has 1 aromatic carbocycles. The normalized spacial score (nSPS) is 20.2. The lowest BCUT2D eigenvalue weighted by molar-refractivity contribution is 0.636. The second kappa shape index (κ2) is 4.42. The minimum Gasteiger partial charge on any atom is -0.305 e. The van der Waals surface area contributed by atoms with E-state index in [1.54, 1.807) is 4.57 Å². The van der Waals surface area contributed by atoms with E-state index in [0.717, 1.165) is 17.6 Å². The van der Waals surface area contributed by atoms with Crippen molar-refractivity contribution < 1.29 is 0 Å². The van der Waals surface area contributed by atoms with Gasteiger partial charge in [0.15, 0.2) is 0 Å². The number of thioether (sulfide) groups is 1. The van der Waals surface area contributed by atoms with E-state index in [1.165, 1.54) is 18.6 Å². The lowest BCUT2D eigenvalue weighted by Crippen LogP contribution is -2.21. The molecular formula is C12H13ClN2OS. The molecule has 5 heteroatoms. The van der Waals surface area contributed by atoms with Gasteiger partial charge >= 0.3 is 5.69 Å². The van der Waals surface area contributed by atoms with Gasteiger partial charge in [0.25, 0.3) is 0 Å². The van der Waals surface area contributed by atoms with E-state index in [2.05, 4.69) is 4.98 Å². The molecule has 17 heavy (non-hydrogen) atoms. The van der Waals surface area contributed by atoms with Crippen molar-refractivity contribution in [2.75, 3.05) is 5.75 Å². The zero-order valence-electron chi connectivity index (χ0n) is 9.28. The molecule has 0 amide bonds. The maximum atomic E-state index is 11.9. The molecule has 1 aliphatic heterocycles. The molecule has 3 rings (SSSR count). The standard InChI is InChI=1S/C12H13ClN2OS/c13-9-4-1-5-10-11(9)15(12(16)14-10)7-8-3-2-6-17-8/h1,4-5,8H,2-3,6-7H2,(H,14,16). The molecule has 0 saturated carbocycles. The molecule has 3 nitrogen and oxygen atoms in total. The van der Waals surface area contributed by atoms with Gasteiger partial charge in [-0.15, -0.1) is 0 Å². The molecule has 1 N–H and O–H groups in total. The monoisotopic (exact) mass is 268 g/mol. The van der Waals surface area contributed by atoms with Crippen molar-refractivity contribution in [2.45, 2.75) is 24.6 Å². The molecule has 2 heterocycles. The van der Waals surface area contributed by atoms with Crippen molar-refractivity contribution in [2.24, 2.45) is 0 Å². The minimum absolute atomic E-state index is 0.0550. The van der Waals surface area contributed by atoms with Crippen LogP contribution >= 0.6 is 23.4 Å². The topological polar surface area (TPSA) is 37.8 Å². The van der Waals surface area contributed by atoms with E-state index in [-0.39, 0.29) is 5.69 Å². The average Bonchev–Trinajstić information content (AvgIpc) is 2.89. The van der Waals surface area contributed by atoms with Gasteiger partial charge in [-0.2, -0.15) is 11.8 Å². The van der Waals surface area contributed by atoms with Crippen molar-refractivity contribution in [3.63, 3.8) is 0 Å². The molecule has 1 fully saturated rings. The predicted molar refractivity (Wildman–Crippen MR) is 73.0 cm³/mol. The molecule has 90 valence electrons. The third-order valence-corrected chi connectivity index (χ3v) is 4.84. The summed E-state index contributed by atoms with van der Waals surface area (Å²) in [5.41, 5.74) is 1.61. The highest BCUT2D eigenvalue weighted by Crippen LogP contribution is 2.29. The summed E-state index contributed by atoms with van der Waals surface area (Å²) in [6, 6.07) is 5.58. The Balaban J connectivity index is 2.08. The lowest BCUT2D eigenvalue weighted by Gasteiger charge is -2.09. The first-order valence-corrected chi connectivity index (χ1v) is 7.17. The van der Waals surface area contributed by atoms with Crippen LogP contribution in [0.4, 0.5) is 0 Å². The highest BCUT2D eigenvalue weighted by atomic mass is 35.5. The van der Waals surface area contributed by atoms with Crippen molar-refractivity contribution in [3.8, 4) is 0 Å². The summed E-state index contributed by atoms with van der Waals surface area (Å²) >= 11 is 8.12. The van der Waals surface area contributed by atoms with Crippen molar-refractivity contribution in [3.05, 3.63) is 33.7 Å². The molecule has 0 radical (unpaired) electrons. The van der Waals surface area contributed by atoms with Crippen LogP contribution in [0.25, 0.3) is 11.0 Å². The number of hydrogen-bond acceptors (Lipinski definition) is 2. The number of nitrogens with one attached hydrogen (secondary N) is 1. The van der Waals surface area contributed by atoms with Gasteiger partial charge in [0.2, 0.25) is 0 Å². The molecule has 1 saturated heterocycles. The fourth-order valence-corrected chi connectivity index (χ4v) is 3.87. The van der Waals surface area contributed by atoms with E-state index in [9.17, 15) is 4.79 Å². The summed E-state index contributed by atoms with van der Waals surface area (Å²) in [7, 11) is 0. The van der Waals surface area contributed by atoms with Gasteiger partial charge in [0.1, 0.15) is 0 Å². The minimum atomic E-state index is -0.0550. The number of H-pyrrole nitrogens is 1. The Hall–Kier alpha value is -0.870. The van der Waals surface area contributed by atoms with Crippen LogP contribution in [0.2, 0.25) is 5.02 Å². The Morgan fingerprint density at radius 2 is 2.41 bits per heavy atom. The lowest BCUT2D eigenvalue weighted by atomic mass is 10.2. The van der Waals surface area contributed by atoms with Crippen LogP contribution in [0.15, 0.2) is 23.0 Å². The second-order valence-electron chi connectivity index (χ2n) is 4.31. The second-order valence-corrected chi connectivity index (χ2v) is 6.13. The molecule has 1 aromatic heterocycles. The number of aromatic amines is 1. The molecular weight excluding hydrogens is 256 g/mol. The maximum Gasteiger partial charge on any atom is 0.326 e. The molecule has 1 unspecified atom stereocenters. The maximum absolute atomic E-state index is 11.9. The fourth-order valence-electron chi connectivity index (χ4n) is 2.34.